The molecular formula is C32H50ClN3O3. The lowest BCUT2D eigenvalue weighted by Crippen LogP contribution is -2.53. The van der Waals surface area contributed by atoms with Crippen LogP contribution in [0.15, 0.2) is 24.3 Å². The van der Waals surface area contributed by atoms with Gasteiger partial charge in [-0.3, -0.25) is 14.5 Å². The van der Waals surface area contributed by atoms with Crippen LogP contribution in [0.1, 0.15) is 92.1 Å². The summed E-state index contributed by atoms with van der Waals surface area (Å²) in [5.41, 5.74) is 0.576. The van der Waals surface area contributed by atoms with Crippen molar-refractivity contribution in [2.75, 3.05) is 26.2 Å². The number of halogens is 1. The average Bonchev–Trinajstić information content (AvgIpc) is 3.50. The molecule has 7 heteroatoms. The SMILES string of the molecule is CC1CCC(N(C(=O)C(C)(C)C)[C@H]2C[C@@H](CO)N(C(=O)C3CN(C(C)(C)C)C[C@@H]3c3ccc(Cl)cc3)C2)CC1. The number of hydrogen-bond donors (Lipinski definition) is 1. The summed E-state index contributed by atoms with van der Waals surface area (Å²) in [7, 11) is 0. The number of carbonyl (C=O) groups is 2. The summed E-state index contributed by atoms with van der Waals surface area (Å²) >= 11 is 6.19. The Morgan fingerprint density at radius 3 is 2.10 bits per heavy atom. The first-order valence-electron chi connectivity index (χ1n) is 14.9. The van der Waals surface area contributed by atoms with Gasteiger partial charge in [0.05, 0.1) is 24.6 Å². The number of rotatable bonds is 5. The van der Waals surface area contributed by atoms with Crippen LogP contribution in [0.5, 0.6) is 0 Å². The number of carbonyl (C=O) groups excluding carboxylic acids is 2. The predicted octanol–water partition coefficient (Wildman–Crippen LogP) is 5.57. The Bertz CT molecular complexity index is 1010. The molecule has 3 aliphatic rings. The monoisotopic (exact) mass is 559 g/mol. The van der Waals surface area contributed by atoms with E-state index in [-0.39, 0.29) is 53.9 Å². The van der Waals surface area contributed by atoms with E-state index in [9.17, 15) is 14.7 Å². The second kappa shape index (κ2) is 11.7. The van der Waals surface area contributed by atoms with E-state index in [4.69, 9.17) is 11.6 Å². The highest BCUT2D eigenvalue weighted by Gasteiger charge is 2.49. The molecule has 1 saturated carbocycles. The lowest BCUT2D eigenvalue weighted by Gasteiger charge is -2.42. The van der Waals surface area contributed by atoms with Gasteiger partial charge < -0.3 is 14.9 Å². The van der Waals surface area contributed by atoms with Gasteiger partial charge in [0.1, 0.15) is 0 Å². The quantitative estimate of drug-likeness (QED) is 0.512. The fraction of sp³-hybridized carbons (Fsp3) is 0.750. The van der Waals surface area contributed by atoms with Crippen molar-refractivity contribution in [1.29, 1.82) is 0 Å². The summed E-state index contributed by atoms with van der Waals surface area (Å²) in [4.78, 5) is 34.6. The fourth-order valence-corrected chi connectivity index (χ4v) is 7.06. The normalized spacial score (nSPS) is 30.5. The maximum atomic E-state index is 14.4. The van der Waals surface area contributed by atoms with Crippen molar-refractivity contribution in [1.82, 2.24) is 14.7 Å². The molecule has 2 saturated heterocycles. The zero-order valence-electron chi connectivity index (χ0n) is 25.1. The number of nitrogens with zero attached hydrogens (tertiary/aromatic N) is 3. The molecule has 3 fully saturated rings. The number of hydrogen-bond acceptors (Lipinski definition) is 4. The van der Waals surface area contributed by atoms with Crippen LogP contribution >= 0.6 is 11.6 Å². The highest BCUT2D eigenvalue weighted by molar-refractivity contribution is 6.30. The van der Waals surface area contributed by atoms with Crippen molar-refractivity contribution in [3.63, 3.8) is 0 Å². The fourth-order valence-electron chi connectivity index (χ4n) is 6.94. The Morgan fingerprint density at radius 1 is 0.949 bits per heavy atom. The van der Waals surface area contributed by atoms with Gasteiger partial charge in [0.15, 0.2) is 0 Å². The summed E-state index contributed by atoms with van der Waals surface area (Å²) in [5, 5.41) is 11.1. The smallest absolute Gasteiger partial charge is 0.228 e. The van der Waals surface area contributed by atoms with E-state index in [2.05, 4.69) is 37.5 Å². The van der Waals surface area contributed by atoms with Crippen LogP contribution in [0.25, 0.3) is 0 Å². The predicted molar refractivity (Wildman–Crippen MR) is 158 cm³/mol. The van der Waals surface area contributed by atoms with Crippen LogP contribution < -0.4 is 0 Å². The minimum Gasteiger partial charge on any atom is -0.394 e. The van der Waals surface area contributed by atoms with E-state index in [1.54, 1.807) is 0 Å². The summed E-state index contributed by atoms with van der Waals surface area (Å²) in [6.45, 7) is 16.8. The standard InChI is InChI=1S/C32H50ClN3O3/c1-21-8-14-24(15-9-21)36(30(39)31(2,3)4)25-16-26(20-37)35(17-25)29(38)28-19-34(32(5,6)7)18-27(28)22-10-12-23(33)13-11-22/h10-13,21,24-28,37H,8-9,14-20H2,1-7H3/t21?,24?,25-,26-,27+,28?/m0/s1. The third-order valence-electron chi connectivity index (χ3n) is 9.42. The lowest BCUT2D eigenvalue weighted by atomic mass is 9.84. The molecule has 2 aliphatic heterocycles. The second-order valence-corrected chi connectivity index (χ2v) is 14.9. The van der Waals surface area contributed by atoms with Crippen LogP contribution in [0, 0.1) is 17.3 Å². The van der Waals surface area contributed by atoms with Gasteiger partial charge in [-0.2, -0.15) is 0 Å². The zero-order chi connectivity index (χ0) is 28.7. The molecule has 6 nitrogen and oxygen atoms in total. The van der Waals surface area contributed by atoms with E-state index >= 15 is 0 Å². The third-order valence-corrected chi connectivity index (χ3v) is 9.67. The van der Waals surface area contributed by atoms with Crippen LogP contribution in [-0.4, -0.2) is 81.5 Å². The van der Waals surface area contributed by atoms with Gasteiger partial charge in [-0.25, -0.2) is 0 Å². The van der Waals surface area contributed by atoms with Gasteiger partial charge in [0, 0.05) is 47.6 Å². The molecule has 1 unspecified atom stereocenters. The Balaban J connectivity index is 1.61. The van der Waals surface area contributed by atoms with E-state index in [0.717, 1.165) is 37.8 Å². The molecule has 2 amide bonds. The summed E-state index contributed by atoms with van der Waals surface area (Å²) in [6, 6.07) is 7.77. The molecule has 0 radical (unpaired) electrons. The summed E-state index contributed by atoms with van der Waals surface area (Å²) in [6.07, 6.45) is 4.92. The Labute approximate surface area is 241 Å². The van der Waals surface area contributed by atoms with Crippen LogP contribution in [0.3, 0.4) is 0 Å². The van der Waals surface area contributed by atoms with Gasteiger partial charge in [-0.05, 0) is 76.5 Å². The Kier molecular flexibility index (Phi) is 9.10. The van der Waals surface area contributed by atoms with Crippen LogP contribution in [-0.2, 0) is 9.59 Å². The van der Waals surface area contributed by atoms with Crippen LogP contribution in [0.2, 0.25) is 5.02 Å². The highest BCUT2D eigenvalue weighted by atomic mass is 35.5. The molecule has 4 rings (SSSR count). The molecule has 1 aromatic rings. The first-order chi connectivity index (χ1) is 18.2. The van der Waals surface area contributed by atoms with Gasteiger partial charge in [0.2, 0.25) is 11.8 Å². The molecule has 1 N–H and O–H groups in total. The summed E-state index contributed by atoms with van der Waals surface area (Å²) < 4.78 is 0. The Morgan fingerprint density at radius 2 is 1.56 bits per heavy atom. The molecule has 218 valence electrons. The number of likely N-dealkylation sites (tertiary alicyclic amines) is 2. The van der Waals surface area contributed by atoms with Crippen LogP contribution in [0.4, 0.5) is 0 Å². The van der Waals surface area contributed by atoms with E-state index in [1.807, 2.05) is 49.9 Å². The van der Waals surface area contributed by atoms with Crippen molar-refractivity contribution in [3.8, 4) is 0 Å². The number of benzene rings is 1. The molecule has 1 aromatic carbocycles. The minimum absolute atomic E-state index is 0.0551. The maximum absolute atomic E-state index is 14.4. The molecule has 1 aliphatic carbocycles. The molecule has 39 heavy (non-hydrogen) atoms. The summed E-state index contributed by atoms with van der Waals surface area (Å²) in [5.74, 6) is 0.804. The van der Waals surface area contributed by atoms with Crippen molar-refractivity contribution >= 4 is 23.4 Å². The maximum Gasteiger partial charge on any atom is 0.228 e. The number of amides is 2. The average molecular weight is 560 g/mol. The van der Waals surface area contributed by atoms with E-state index in [1.165, 1.54) is 0 Å². The molecule has 0 spiro atoms. The van der Waals surface area contributed by atoms with Crippen molar-refractivity contribution < 1.29 is 14.7 Å². The van der Waals surface area contributed by atoms with Gasteiger partial charge >= 0.3 is 0 Å². The lowest BCUT2D eigenvalue weighted by molar-refractivity contribution is -0.146. The van der Waals surface area contributed by atoms with Gasteiger partial charge in [-0.1, -0.05) is 51.4 Å². The largest absolute Gasteiger partial charge is 0.394 e. The molecule has 2 heterocycles. The van der Waals surface area contributed by atoms with Crippen molar-refractivity contribution in [3.05, 3.63) is 34.9 Å². The Hall–Kier alpha value is -1.63. The highest BCUT2D eigenvalue weighted by Crippen LogP contribution is 2.40. The minimum atomic E-state index is -0.493. The molecular weight excluding hydrogens is 510 g/mol. The zero-order valence-corrected chi connectivity index (χ0v) is 25.9. The van der Waals surface area contributed by atoms with Crippen molar-refractivity contribution in [2.24, 2.45) is 17.3 Å². The van der Waals surface area contributed by atoms with Gasteiger partial charge in [0.25, 0.3) is 0 Å². The molecule has 0 bridgehead atoms. The first-order valence-corrected chi connectivity index (χ1v) is 15.3. The van der Waals surface area contributed by atoms with E-state index in [0.29, 0.717) is 30.5 Å². The van der Waals surface area contributed by atoms with Crippen molar-refractivity contribution in [2.45, 2.75) is 110 Å². The number of aliphatic hydroxyl groups excluding tert-OH is 1. The molecule has 4 atom stereocenters. The third kappa shape index (κ3) is 6.65. The molecule has 0 aromatic heterocycles. The first kappa shape index (κ1) is 30.3. The second-order valence-electron chi connectivity index (χ2n) is 14.4. The van der Waals surface area contributed by atoms with E-state index < -0.39 is 5.41 Å². The van der Waals surface area contributed by atoms with Gasteiger partial charge in [-0.15, -0.1) is 0 Å². The topological polar surface area (TPSA) is 64.1 Å². The number of aliphatic hydroxyl groups is 1.